The van der Waals surface area contributed by atoms with Crippen LogP contribution in [0.1, 0.15) is 0 Å². The van der Waals surface area contributed by atoms with E-state index in [-0.39, 0.29) is 5.95 Å². The van der Waals surface area contributed by atoms with Gasteiger partial charge in [0.25, 0.3) is 5.78 Å². The number of nitrogen functional groups attached to an aromatic ring is 1. The number of rotatable bonds is 3. The number of hydrogen-bond donors (Lipinski definition) is 1. The number of hydrogen-bond acceptors (Lipinski definition) is 7. The molecule has 108 valence electrons. The van der Waals surface area contributed by atoms with Crippen LogP contribution in [0.5, 0.6) is 5.75 Å². The second-order valence-electron chi connectivity index (χ2n) is 4.07. The molecule has 2 N–H and O–H groups in total. The van der Waals surface area contributed by atoms with Crippen molar-refractivity contribution in [1.82, 2.24) is 24.6 Å². The third-order valence-electron chi connectivity index (χ3n) is 2.80. The van der Waals surface area contributed by atoms with Crippen LogP contribution in [-0.4, -0.2) is 37.9 Å². The molecule has 0 saturated carbocycles. The van der Waals surface area contributed by atoms with E-state index in [1.807, 2.05) is 6.26 Å². The molecule has 0 unspecified atom stereocenters. The lowest BCUT2D eigenvalue weighted by Gasteiger charge is -2.03. The van der Waals surface area contributed by atoms with Gasteiger partial charge in [-0.05, 0) is 24.5 Å². The third-order valence-corrected chi connectivity index (χ3v) is 3.66. The maximum atomic E-state index is 6.01. The van der Waals surface area contributed by atoms with Crippen molar-refractivity contribution in [1.29, 1.82) is 0 Å². The Labute approximate surface area is 129 Å². The van der Waals surface area contributed by atoms with Gasteiger partial charge in [0.05, 0.1) is 12.1 Å². The molecule has 2 aromatic heterocycles. The van der Waals surface area contributed by atoms with Gasteiger partial charge in [-0.15, -0.1) is 5.10 Å². The van der Waals surface area contributed by atoms with E-state index in [0.717, 1.165) is 5.56 Å². The van der Waals surface area contributed by atoms with E-state index in [1.165, 1.54) is 16.3 Å². The van der Waals surface area contributed by atoms with Gasteiger partial charge in [0.1, 0.15) is 5.75 Å². The first kappa shape index (κ1) is 13.9. The molecule has 0 aliphatic heterocycles. The molecule has 0 aliphatic rings. The summed E-state index contributed by atoms with van der Waals surface area (Å²) in [4.78, 5) is 12.7. The fraction of sp³-hybridized carbons (Fsp3) is 0.167. The third kappa shape index (κ3) is 2.47. The molecular formula is C12H11ClN6OS. The molecule has 0 bridgehead atoms. The van der Waals surface area contributed by atoms with Crippen LogP contribution >= 0.6 is 23.4 Å². The largest absolute Gasteiger partial charge is 0.495 e. The maximum absolute atomic E-state index is 6.01. The predicted octanol–water partition coefficient (Wildman–Crippen LogP) is 2.15. The normalized spacial score (nSPS) is 11.0. The lowest BCUT2D eigenvalue weighted by Crippen LogP contribution is -2.04. The number of benzene rings is 1. The highest BCUT2D eigenvalue weighted by Gasteiger charge is 2.13. The summed E-state index contributed by atoms with van der Waals surface area (Å²) in [5.74, 6) is 1.67. The van der Waals surface area contributed by atoms with Gasteiger partial charge in [0, 0.05) is 5.56 Å². The quantitative estimate of drug-likeness (QED) is 0.739. The molecule has 1 aromatic carbocycles. The number of ether oxygens (including phenoxy) is 1. The van der Waals surface area contributed by atoms with Crippen molar-refractivity contribution in [3.05, 3.63) is 23.2 Å². The average Bonchev–Trinajstić information content (AvgIpc) is 2.92. The number of nitrogens with two attached hydrogens (primary N) is 1. The van der Waals surface area contributed by atoms with Gasteiger partial charge in [0.15, 0.2) is 11.0 Å². The van der Waals surface area contributed by atoms with Gasteiger partial charge >= 0.3 is 0 Å². The second-order valence-corrected chi connectivity index (χ2v) is 5.25. The summed E-state index contributed by atoms with van der Waals surface area (Å²) in [6, 6.07) is 5.29. The van der Waals surface area contributed by atoms with E-state index in [2.05, 4.69) is 20.1 Å². The van der Waals surface area contributed by atoms with Crippen LogP contribution in [0, 0.1) is 0 Å². The van der Waals surface area contributed by atoms with E-state index in [4.69, 9.17) is 22.1 Å². The molecule has 9 heteroatoms. The smallest absolute Gasteiger partial charge is 0.258 e. The Balaban J connectivity index is 2.15. The molecule has 0 atom stereocenters. The number of halogens is 1. The molecule has 21 heavy (non-hydrogen) atoms. The molecule has 0 aliphatic carbocycles. The summed E-state index contributed by atoms with van der Waals surface area (Å²) in [5, 5.41) is 5.38. The Bertz CT molecular complexity index is 821. The molecule has 0 saturated heterocycles. The van der Waals surface area contributed by atoms with Crippen molar-refractivity contribution in [2.45, 2.75) is 5.16 Å². The number of nitrogens with zero attached hydrogens (tertiary/aromatic N) is 5. The average molecular weight is 323 g/mol. The number of thioether (sulfide) groups is 1. The number of anilines is 1. The summed E-state index contributed by atoms with van der Waals surface area (Å²) in [6.07, 6.45) is 1.87. The van der Waals surface area contributed by atoms with Gasteiger partial charge < -0.3 is 10.5 Å². The number of aromatic nitrogens is 5. The van der Waals surface area contributed by atoms with Gasteiger partial charge in [-0.3, -0.25) is 0 Å². The Kier molecular flexibility index (Phi) is 3.56. The minimum Gasteiger partial charge on any atom is -0.495 e. The van der Waals surface area contributed by atoms with E-state index < -0.39 is 0 Å². The summed E-state index contributed by atoms with van der Waals surface area (Å²) in [7, 11) is 1.55. The molecule has 0 fully saturated rings. The molecule has 2 heterocycles. The first-order chi connectivity index (χ1) is 10.1. The first-order valence-corrected chi connectivity index (χ1v) is 7.51. The van der Waals surface area contributed by atoms with Crippen molar-refractivity contribution < 1.29 is 4.74 Å². The first-order valence-electron chi connectivity index (χ1n) is 5.90. The zero-order valence-electron chi connectivity index (χ0n) is 11.2. The number of fused-ring (bicyclic) bond motifs is 1. The SMILES string of the molecule is COc1cc(-c2nc3nc(SC)nc(N)n3n2)ccc1Cl. The Morgan fingerprint density at radius 3 is 2.81 bits per heavy atom. The minimum atomic E-state index is 0.240. The van der Waals surface area contributed by atoms with E-state index in [1.54, 1.807) is 25.3 Å². The van der Waals surface area contributed by atoms with Gasteiger partial charge in [-0.25, -0.2) is 0 Å². The van der Waals surface area contributed by atoms with Crippen molar-refractivity contribution in [2.75, 3.05) is 19.1 Å². The monoisotopic (exact) mass is 322 g/mol. The van der Waals surface area contributed by atoms with Gasteiger partial charge in [-0.1, -0.05) is 23.4 Å². The molecular weight excluding hydrogens is 312 g/mol. The standard InChI is InChI=1S/C12H11ClN6OS/c1-20-8-5-6(3-4-7(8)13)9-15-11-17-12(21-2)16-10(14)19(11)18-9/h3-5H,1-2H3,(H2,14,15,16,17,18). The van der Waals surface area contributed by atoms with Crippen molar-refractivity contribution in [3.63, 3.8) is 0 Å². The van der Waals surface area contributed by atoms with Crippen LogP contribution < -0.4 is 10.5 Å². The zero-order valence-corrected chi connectivity index (χ0v) is 12.8. The van der Waals surface area contributed by atoms with Gasteiger partial charge in [-0.2, -0.15) is 19.5 Å². The lowest BCUT2D eigenvalue weighted by atomic mass is 10.2. The number of methoxy groups -OCH3 is 1. The fourth-order valence-corrected chi connectivity index (χ4v) is 2.35. The topological polar surface area (TPSA) is 91.2 Å². The maximum Gasteiger partial charge on any atom is 0.258 e. The Morgan fingerprint density at radius 1 is 1.29 bits per heavy atom. The molecule has 0 amide bonds. The predicted molar refractivity (Wildman–Crippen MR) is 81.8 cm³/mol. The molecule has 3 rings (SSSR count). The van der Waals surface area contributed by atoms with E-state index >= 15 is 0 Å². The van der Waals surface area contributed by atoms with E-state index in [0.29, 0.717) is 27.5 Å². The van der Waals surface area contributed by atoms with E-state index in [9.17, 15) is 0 Å². The minimum absolute atomic E-state index is 0.240. The summed E-state index contributed by atoms with van der Waals surface area (Å²) >= 11 is 7.40. The summed E-state index contributed by atoms with van der Waals surface area (Å²) in [6.45, 7) is 0. The highest BCUT2D eigenvalue weighted by atomic mass is 35.5. The van der Waals surface area contributed by atoms with Crippen LogP contribution in [-0.2, 0) is 0 Å². The molecule has 0 spiro atoms. The van der Waals surface area contributed by atoms with Crippen molar-refractivity contribution in [2.24, 2.45) is 0 Å². The highest BCUT2D eigenvalue weighted by Crippen LogP contribution is 2.29. The molecule has 0 radical (unpaired) electrons. The highest BCUT2D eigenvalue weighted by molar-refractivity contribution is 7.98. The second kappa shape index (κ2) is 5.38. The van der Waals surface area contributed by atoms with Crippen LogP contribution in [0.15, 0.2) is 23.4 Å². The molecule has 7 nitrogen and oxygen atoms in total. The van der Waals surface area contributed by atoms with Crippen LogP contribution in [0.3, 0.4) is 0 Å². The molecule has 3 aromatic rings. The Morgan fingerprint density at radius 2 is 2.10 bits per heavy atom. The summed E-state index contributed by atoms with van der Waals surface area (Å²) in [5.41, 5.74) is 6.61. The Hall–Kier alpha value is -2.06. The van der Waals surface area contributed by atoms with Crippen molar-refractivity contribution in [3.8, 4) is 17.1 Å². The van der Waals surface area contributed by atoms with Crippen molar-refractivity contribution >= 4 is 35.1 Å². The van der Waals surface area contributed by atoms with Crippen LogP contribution in [0.2, 0.25) is 5.02 Å². The van der Waals surface area contributed by atoms with Crippen LogP contribution in [0.25, 0.3) is 17.2 Å². The van der Waals surface area contributed by atoms with Gasteiger partial charge in [0.2, 0.25) is 5.95 Å². The zero-order chi connectivity index (χ0) is 15.0. The van der Waals surface area contributed by atoms with Crippen LogP contribution in [0.4, 0.5) is 5.95 Å². The fourth-order valence-electron chi connectivity index (χ4n) is 1.80. The lowest BCUT2D eigenvalue weighted by molar-refractivity contribution is 0.415. The summed E-state index contributed by atoms with van der Waals surface area (Å²) < 4.78 is 6.59.